The second-order valence-electron chi connectivity index (χ2n) is 4.91. The number of hydrogen-bond donors (Lipinski definition) is 2. The molecule has 0 aliphatic carbocycles. The van der Waals surface area contributed by atoms with E-state index >= 15 is 0 Å². The minimum atomic E-state index is -0.692. The molecule has 0 fully saturated rings. The van der Waals surface area contributed by atoms with Crippen molar-refractivity contribution in [3.63, 3.8) is 0 Å². The monoisotopic (exact) mass is 292 g/mol. The SMILES string of the molecule is COC(=O)C(CNC1CCOc2ccccc21)NC(C)=O. The Hall–Kier alpha value is -2.08. The van der Waals surface area contributed by atoms with Gasteiger partial charge in [-0.3, -0.25) is 4.79 Å². The van der Waals surface area contributed by atoms with Crippen molar-refractivity contribution >= 4 is 11.9 Å². The molecule has 0 bridgehead atoms. The third-order valence-corrected chi connectivity index (χ3v) is 3.39. The maximum atomic E-state index is 11.7. The van der Waals surface area contributed by atoms with Gasteiger partial charge in [0, 0.05) is 31.5 Å². The first-order valence-corrected chi connectivity index (χ1v) is 6.92. The molecule has 6 heteroatoms. The van der Waals surface area contributed by atoms with Gasteiger partial charge in [-0.25, -0.2) is 4.79 Å². The van der Waals surface area contributed by atoms with Crippen LogP contribution in [0.5, 0.6) is 5.75 Å². The highest BCUT2D eigenvalue weighted by Crippen LogP contribution is 2.31. The largest absolute Gasteiger partial charge is 0.493 e. The van der Waals surface area contributed by atoms with Gasteiger partial charge >= 0.3 is 5.97 Å². The van der Waals surface area contributed by atoms with E-state index in [1.54, 1.807) is 0 Å². The number of carbonyl (C=O) groups is 2. The minimum Gasteiger partial charge on any atom is -0.493 e. The van der Waals surface area contributed by atoms with Gasteiger partial charge in [-0.1, -0.05) is 18.2 Å². The van der Waals surface area contributed by atoms with E-state index in [1.807, 2.05) is 24.3 Å². The predicted octanol–water partition coefficient (Wildman–Crippen LogP) is 0.777. The third kappa shape index (κ3) is 3.95. The van der Waals surface area contributed by atoms with E-state index in [1.165, 1.54) is 14.0 Å². The van der Waals surface area contributed by atoms with E-state index in [0.717, 1.165) is 17.7 Å². The summed E-state index contributed by atoms with van der Waals surface area (Å²) in [4.78, 5) is 22.8. The Morgan fingerprint density at radius 2 is 2.19 bits per heavy atom. The minimum absolute atomic E-state index is 0.0934. The molecule has 1 amide bonds. The van der Waals surface area contributed by atoms with Gasteiger partial charge in [0.05, 0.1) is 13.7 Å². The molecule has 114 valence electrons. The van der Waals surface area contributed by atoms with E-state index in [0.29, 0.717) is 13.2 Å². The van der Waals surface area contributed by atoms with E-state index < -0.39 is 12.0 Å². The highest BCUT2D eigenvalue weighted by Gasteiger charge is 2.25. The Morgan fingerprint density at radius 3 is 2.90 bits per heavy atom. The lowest BCUT2D eigenvalue weighted by molar-refractivity contribution is -0.144. The van der Waals surface area contributed by atoms with Gasteiger partial charge in [-0.2, -0.15) is 0 Å². The molecule has 1 aliphatic rings. The van der Waals surface area contributed by atoms with Crippen LogP contribution >= 0.6 is 0 Å². The van der Waals surface area contributed by atoms with E-state index in [4.69, 9.17) is 9.47 Å². The summed E-state index contributed by atoms with van der Waals surface area (Å²) in [6.07, 6.45) is 0.810. The molecule has 0 aromatic heterocycles. The van der Waals surface area contributed by atoms with Crippen molar-refractivity contribution in [2.24, 2.45) is 0 Å². The van der Waals surface area contributed by atoms with E-state index in [2.05, 4.69) is 10.6 Å². The summed E-state index contributed by atoms with van der Waals surface area (Å²) in [5.41, 5.74) is 1.06. The molecule has 2 rings (SSSR count). The number of fused-ring (bicyclic) bond motifs is 1. The lowest BCUT2D eigenvalue weighted by Crippen LogP contribution is -2.48. The Morgan fingerprint density at radius 1 is 1.43 bits per heavy atom. The van der Waals surface area contributed by atoms with E-state index in [9.17, 15) is 9.59 Å². The van der Waals surface area contributed by atoms with Crippen LogP contribution in [0.1, 0.15) is 24.9 Å². The van der Waals surface area contributed by atoms with Crippen molar-refractivity contribution in [1.29, 1.82) is 0 Å². The zero-order chi connectivity index (χ0) is 15.2. The van der Waals surface area contributed by atoms with Crippen molar-refractivity contribution in [1.82, 2.24) is 10.6 Å². The van der Waals surface area contributed by atoms with Crippen molar-refractivity contribution in [2.45, 2.75) is 25.4 Å². The first kappa shape index (κ1) is 15.3. The van der Waals surface area contributed by atoms with Crippen LogP contribution in [0.15, 0.2) is 24.3 Å². The van der Waals surface area contributed by atoms with Crippen LogP contribution in [0.25, 0.3) is 0 Å². The average molecular weight is 292 g/mol. The number of amides is 1. The Labute approximate surface area is 123 Å². The smallest absolute Gasteiger partial charge is 0.329 e. The molecule has 1 aromatic rings. The number of ether oxygens (including phenoxy) is 2. The molecule has 1 aromatic carbocycles. The van der Waals surface area contributed by atoms with Gasteiger partial charge in [0.2, 0.25) is 5.91 Å². The van der Waals surface area contributed by atoms with Crippen LogP contribution < -0.4 is 15.4 Å². The summed E-state index contributed by atoms with van der Waals surface area (Å²) in [7, 11) is 1.31. The van der Waals surface area contributed by atoms with Crippen molar-refractivity contribution in [2.75, 3.05) is 20.3 Å². The lowest BCUT2D eigenvalue weighted by atomic mass is 10.0. The quantitative estimate of drug-likeness (QED) is 0.784. The van der Waals surface area contributed by atoms with Crippen LogP contribution in [-0.4, -0.2) is 38.2 Å². The summed E-state index contributed by atoms with van der Waals surface area (Å²) in [5.74, 6) is 0.132. The molecule has 1 aliphatic heterocycles. The van der Waals surface area contributed by atoms with Gasteiger partial charge in [0.15, 0.2) is 0 Å². The molecular weight excluding hydrogens is 272 g/mol. The van der Waals surface area contributed by atoms with Gasteiger partial charge in [0.1, 0.15) is 11.8 Å². The van der Waals surface area contributed by atoms with Crippen LogP contribution in [0, 0.1) is 0 Å². The maximum Gasteiger partial charge on any atom is 0.329 e. The normalized spacial score (nSPS) is 18.1. The fourth-order valence-corrected chi connectivity index (χ4v) is 2.40. The second-order valence-corrected chi connectivity index (χ2v) is 4.91. The number of para-hydroxylation sites is 1. The van der Waals surface area contributed by atoms with Crippen molar-refractivity contribution in [3.05, 3.63) is 29.8 Å². The third-order valence-electron chi connectivity index (χ3n) is 3.39. The Kier molecular flexibility index (Phi) is 5.16. The van der Waals surface area contributed by atoms with Crippen molar-refractivity contribution in [3.8, 4) is 5.75 Å². The molecular formula is C15H20N2O4. The Balaban J connectivity index is 2.01. The second kappa shape index (κ2) is 7.08. The molecule has 21 heavy (non-hydrogen) atoms. The van der Waals surface area contributed by atoms with Gasteiger partial charge < -0.3 is 20.1 Å². The number of nitrogens with one attached hydrogen (secondary N) is 2. The highest BCUT2D eigenvalue weighted by molar-refractivity contribution is 5.83. The van der Waals surface area contributed by atoms with Crippen LogP contribution in [0.3, 0.4) is 0 Å². The van der Waals surface area contributed by atoms with Gasteiger partial charge in [0.25, 0.3) is 0 Å². The number of carbonyl (C=O) groups excluding carboxylic acids is 2. The zero-order valence-corrected chi connectivity index (χ0v) is 12.2. The molecule has 0 spiro atoms. The lowest BCUT2D eigenvalue weighted by Gasteiger charge is -2.28. The molecule has 0 saturated heterocycles. The zero-order valence-electron chi connectivity index (χ0n) is 12.2. The van der Waals surface area contributed by atoms with Crippen LogP contribution in [0.2, 0.25) is 0 Å². The first-order chi connectivity index (χ1) is 10.1. The van der Waals surface area contributed by atoms with E-state index in [-0.39, 0.29) is 11.9 Å². The predicted molar refractivity (Wildman–Crippen MR) is 76.9 cm³/mol. The molecule has 0 saturated carbocycles. The summed E-state index contributed by atoms with van der Waals surface area (Å²) in [6, 6.07) is 7.20. The van der Waals surface area contributed by atoms with Crippen LogP contribution in [-0.2, 0) is 14.3 Å². The number of rotatable bonds is 5. The number of esters is 1. The van der Waals surface area contributed by atoms with Gasteiger partial charge in [-0.15, -0.1) is 0 Å². The fraction of sp³-hybridized carbons (Fsp3) is 0.467. The van der Waals surface area contributed by atoms with Gasteiger partial charge in [-0.05, 0) is 6.07 Å². The maximum absolute atomic E-state index is 11.7. The summed E-state index contributed by atoms with van der Waals surface area (Å²) < 4.78 is 10.3. The summed E-state index contributed by atoms with van der Waals surface area (Å²) in [6.45, 7) is 2.31. The highest BCUT2D eigenvalue weighted by atomic mass is 16.5. The topological polar surface area (TPSA) is 76.7 Å². The molecule has 2 atom stereocenters. The summed E-state index contributed by atoms with van der Waals surface area (Å²) in [5, 5.41) is 5.89. The fourth-order valence-electron chi connectivity index (χ4n) is 2.40. The molecule has 0 radical (unpaired) electrons. The summed E-state index contributed by atoms with van der Waals surface area (Å²) >= 11 is 0. The molecule has 2 unspecified atom stereocenters. The molecule has 6 nitrogen and oxygen atoms in total. The number of benzene rings is 1. The number of hydrogen-bond acceptors (Lipinski definition) is 5. The standard InChI is InChI=1S/C15H20N2O4/c1-10(18)17-13(15(19)20-2)9-16-12-7-8-21-14-6-4-3-5-11(12)14/h3-6,12-13,16H,7-9H2,1-2H3,(H,17,18). The average Bonchev–Trinajstić information content (AvgIpc) is 2.50. The van der Waals surface area contributed by atoms with Crippen molar-refractivity contribution < 1.29 is 19.1 Å². The first-order valence-electron chi connectivity index (χ1n) is 6.92. The number of methoxy groups -OCH3 is 1. The Bertz CT molecular complexity index is 518. The molecule has 1 heterocycles. The molecule has 2 N–H and O–H groups in total. The van der Waals surface area contributed by atoms with Crippen LogP contribution in [0.4, 0.5) is 0 Å².